The monoisotopic (exact) mass is 261 g/mol. The second-order valence-electron chi connectivity index (χ2n) is 4.39. The summed E-state index contributed by atoms with van der Waals surface area (Å²) in [6.45, 7) is 5.17. The number of hydrogen-bond acceptors (Lipinski definition) is 4. The molecule has 1 atom stereocenters. The Morgan fingerprint density at radius 1 is 1.32 bits per heavy atom. The van der Waals surface area contributed by atoms with Gasteiger partial charge in [-0.05, 0) is 32.0 Å². The first-order valence-electron chi connectivity index (χ1n) is 6.29. The highest BCUT2D eigenvalue weighted by atomic mass is 16.5. The first-order chi connectivity index (χ1) is 9.13. The number of hydrogen-bond donors (Lipinski definition) is 0. The van der Waals surface area contributed by atoms with E-state index in [2.05, 4.69) is 11.7 Å². The van der Waals surface area contributed by atoms with Crippen LogP contribution in [0, 0.1) is 0 Å². The summed E-state index contributed by atoms with van der Waals surface area (Å²) in [6, 6.07) is 8.88. The van der Waals surface area contributed by atoms with Crippen LogP contribution in [0.2, 0.25) is 0 Å². The zero-order chi connectivity index (χ0) is 14.1. The maximum absolute atomic E-state index is 11.8. The lowest BCUT2D eigenvalue weighted by Crippen LogP contribution is -2.21. The molecule has 0 unspecified atom stereocenters. The number of carbonyl (C=O) groups excluding carboxylic acids is 2. The standard InChI is InChI=1S/C15H19NO3/c1-12(17)7-6-10-14(16-2)15(18)19-11-13-8-4-3-5-9-13/h3-5,8-9,14H,2,6-7,10-11H2,1H3/t14-/m1/s1. The lowest BCUT2D eigenvalue weighted by Gasteiger charge is -2.11. The average molecular weight is 261 g/mol. The minimum Gasteiger partial charge on any atom is -0.459 e. The van der Waals surface area contributed by atoms with Gasteiger partial charge in [-0.3, -0.25) is 4.99 Å². The fourth-order valence-electron chi connectivity index (χ4n) is 1.65. The van der Waals surface area contributed by atoms with Crippen molar-refractivity contribution >= 4 is 18.5 Å². The smallest absolute Gasteiger partial charge is 0.331 e. The zero-order valence-corrected chi connectivity index (χ0v) is 11.2. The molecule has 0 aliphatic heterocycles. The van der Waals surface area contributed by atoms with Gasteiger partial charge in [0.25, 0.3) is 0 Å². The molecule has 102 valence electrons. The number of Topliss-reactive ketones (excluding diaryl/α,β-unsaturated/α-hetero) is 1. The van der Waals surface area contributed by atoms with Crippen LogP contribution in [0.3, 0.4) is 0 Å². The van der Waals surface area contributed by atoms with Gasteiger partial charge >= 0.3 is 5.97 Å². The van der Waals surface area contributed by atoms with Gasteiger partial charge in [0.1, 0.15) is 18.4 Å². The zero-order valence-electron chi connectivity index (χ0n) is 11.2. The summed E-state index contributed by atoms with van der Waals surface area (Å²) in [6.07, 6.45) is 1.58. The third kappa shape index (κ3) is 5.95. The summed E-state index contributed by atoms with van der Waals surface area (Å²) < 4.78 is 5.18. The van der Waals surface area contributed by atoms with E-state index in [0.717, 1.165) is 5.56 Å². The molecule has 0 N–H and O–H groups in total. The van der Waals surface area contributed by atoms with Crippen molar-refractivity contribution in [3.05, 3.63) is 35.9 Å². The lowest BCUT2D eigenvalue weighted by molar-refractivity contribution is -0.146. The second-order valence-corrected chi connectivity index (χ2v) is 4.39. The normalized spacial score (nSPS) is 11.6. The van der Waals surface area contributed by atoms with E-state index in [-0.39, 0.29) is 18.4 Å². The van der Waals surface area contributed by atoms with E-state index in [9.17, 15) is 9.59 Å². The van der Waals surface area contributed by atoms with Crippen molar-refractivity contribution in [2.45, 2.75) is 38.8 Å². The molecule has 0 saturated carbocycles. The molecule has 0 aliphatic rings. The van der Waals surface area contributed by atoms with E-state index < -0.39 is 6.04 Å². The summed E-state index contributed by atoms with van der Waals surface area (Å²) in [5.41, 5.74) is 0.933. The molecule has 0 amide bonds. The van der Waals surface area contributed by atoms with E-state index in [4.69, 9.17) is 4.74 Å². The molecule has 1 aromatic carbocycles. The minimum atomic E-state index is -0.580. The van der Waals surface area contributed by atoms with Crippen molar-refractivity contribution < 1.29 is 14.3 Å². The molecular weight excluding hydrogens is 242 g/mol. The molecule has 0 fully saturated rings. The van der Waals surface area contributed by atoms with Gasteiger partial charge in [0, 0.05) is 6.42 Å². The first-order valence-corrected chi connectivity index (χ1v) is 6.29. The van der Waals surface area contributed by atoms with Gasteiger partial charge in [0.05, 0.1) is 0 Å². The first kappa shape index (κ1) is 15.1. The molecule has 0 aliphatic carbocycles. The summed E-state index contributed by atoms with van der Waals surface area (Å²) in [7, 11) is 0. The van der Waals surface area contributed by atoms with Crippen molar-refractivity contribution in [2.75, 3.05) is 0 Å². The summed E-state index contributed by atoms with van der Waals surface area (Å²) in [4.78, 5) is 26.4. The Hall–Kier alpha value is -1.97. The van der Waals surface area contributed by atoms with E-state index in [1.54, 1.807) is 0 Å². The number of rotatable bonds is 8. The molecule has 4 heteroatoms. The number of aliphatic imine (C=N–C) groups is 1. The highest BCUT2D eigenvalue weighted by Crippen LogP contribution is 2.09. The third-order valence-electron chi connectivity index (χ3n) is 2.72. The highest BCUT2D eigenvalue weighted by Gasteiger charge is 2.17. The predicted octanol–water partition coefficient (Wildman–Crippen LogP) is 2.56. The molecule has 0 heterocycles. The topological polar surface area (TPSA) is 55.7 Å². The summed E-state index contributed by atoms with van der Waals surface area (Å²) in [5.74, 6) is -0.275. The summed E-state index contributed by atoms with van der Waals surface area (Å²) >= 11 is 0. The quantitative estimate of drug-likeness (QED) is 0.534. The van der Waals surface area contributed by atoms with Crippen molar-refractivity contribution in [3.8, 4) is 0 Å². The van der Waals surface area contributed by atoms with Gasteiger partial charge in [-0.25, -0.2) is 4.79 Å². The van der Waals surface area contributed by atoms with Gasteiger partial charge < -0.3 is 9.53 Å². The maximum atomic E-state index is 11.8. The lowest BCUT2D eigenvalue weighted by atomic mass is 10.1. The van der Waals surface area contributed by atoms with Crippen molar-refractivity contribution in [1.82, 2.24) is 0 Å². The Kier molecular flexibility index (Phi) is 6.50. The second kappa shape index (κ2) is 8.19. The molecule has 1 aromatic rings. The van der Waals surface area contributed by atoms with Crippen LogP contribution < -0.4 is 0 Å². The number of benzene rings is 1. The number of esters is 1. The molecule has 0 radical (unpaired) electrons. The van der Waals surface area contributed by atoms with E-state index >= 15 is 0 Å². The Morgan fingerprint density at radius 2 is 2.00 bits per heavy atom. The van der Waals surface area contributed by atoms with E-state index in [1.807, 2.05) is 30.3 Å². The van der Waals surface area contributed by atoms with Gasteiger partial charge in [-0.15, -0.1) is 0 Å². The number of carbonyl (C=O) groups is 2. The Bertz CT molecular complexity index is 428. The van der Waals surface area contributed by atoms with Crippen LogP contribution in [-0.2, 0) is 20.9 Å². The van der Waals surface area contributed by atoms with Gasteiger partial charge in [0.15, 0.2) is 0 Å². The molecule has 0 bridgehead atoms. The van der Waals surface area contributed by atoms with Crippen LogP contribution in [0.15, 0.2) is 35.3 Å². The van der Waals surface area contributed by atoms with Crippen molar-refractivity contribution in [2.24, 2.45) is 4.99 Å². The average Bonchev–Trinajstić information content (AvgIpc) is 2.42. The minimum absolute atomic E-state index is 0.112. The Labute approximate surface area is 113 Å². The third-order valence-corrected chi connectivity index (χ3v) is 2.72. The SMILES string of the molecule is C=N[C@H](CCCC(C)=O)C(=O)OCc1ccccc1. The molecule has 0 saturated heterocycles. The summed E-state index contributed by atoms with van der Waals surface area (Å²) in [5, 5.41) is 0. The van der Waals surface area contributed by atoms with E-state index in [1.165, 1.54) is 6.92 Å². The Morgan fingerprint density at radius 3 is 2.58 bits per heavy atom. The predicted molar refractivity (Wildman–Crippen MR) is 74.1 cm³/mol. The number of nitrogens with zero attached hydrogens (tertiary/aromatic N) is 1. The van der Waals surface area contributed by atoms with Crippen LogP contribution in [0.4, 0.5) is 0 Å². The van der Waals surface area contributed by atoms with Crippen LogP contribution in [0.5, 0.6) is 0 Å². The molecule has 0 aromatic heterocycles. The van der Waals surface area contributed by atoms with Crippen LogP contribution >= 0.6 is 0 Å². The highest BCUT2D eigenvalue weighted by molar-refractivity contribution is 5.77. The van der Waals surface area contributed by atoms with Crippen molar-refractivity contribution in [3.63, 3.8) is 0 Å². The van der Waals surface area contributed by atoms with Crippen LogP contribution in [-0.4, -0.2) is 24.5 Å². The molecule has 19 heavy (non-hydrogen) atoms. The largest absolute Gasteiger partial charge is 0.459 e. The fourth-order valence-corrected chi connectivity index (χ4v) is 1.65. The van der Waals surface area contributed by atoms with Gasteiger partial charge in [0.2, 0.25) is 0 Å². The van der Waals surface area contributed by atoms with Crippen molar-refractivity contribution in [1.29, 1.82) is 0 Å². The Balaban J connectivity index is 2.37. The fraction of sp³-hybridized carbons (Fsp3) is 0.400. The number of ether oxygens (including phenoxy) is 1. The maximum Gasteiger partial charge on any atom is 0.331 e. The number of ketones is 1. The van der Waals surface area contributed by atoms with Crippen LogP contribution in [0.25, 0.3) is 0 Å². The molecule has 1 rings (SSSR count). The van der Waals surface area contributed by atoms with E-state index in [0.29, 0.717) is 19.3 Å². The molecular formula is C15H19NO3. The van der Waals surface area contributed by atoms with Gasteiger partial charge in [-0.2, -0.15) is 0 Å². The van der Waals surface area contributed by atoms with Gasteiger partial charge in [-0.1, -0.05) is 30.3 Å². The molecule has 0 spiro atoms. The molecule has 4 nitrogen and oxygen atoms in total. The van der Waals surface area contributed by atoms with Crippen LogP contribution in [0.1, 0.15) is 31.7 Å².